The zero-order valence-electron chi connectivity index (χ0n) is 13.3. The minimum absolute atomic E-state index is 0.00366. The summed E-state index contributed by atoms with van der Waals surface area (Å²) in [6, 6.07) is 15.3. The van der Waals surface area contributed by atoms with Gasteiger partial charge in [-0.1, -0.05) is 30.3 Å². The minimum Gasteiger partial charge on any atom is -0.491 e. The minimum atomic E-state index is -0.267. The topological polar surface area (TPSA) is 50.8 Å². The van der Waals surface area contributed by atoms with E-state index in [0.29, 0.717) is 18.8 Å². The Kier molecular flexibility index (Phi) is 4.48. The average Bonchev–Trinajstić information content (AvgIpc) is 2.59. The van der Waals surface area contributed by atoms with Gasteiger partial charge in [-0.3, -0.25) is 4.79 Å². The first-order valence-electron chi connectivity index (χ1n) is 7.55. The molecule has 1 amide bonds. The van der Waals surface area contributed by atoms with E-state index in [4.69, 9.17) is 9.47 Å². The van der Waals surface area contributed by atoms with Gasteiger partial charge < -0.3 is 19.7 Å². The number of ether oxygens (including phenoxy) is 2. The monoisotopic (exact) mass is 312 g/mol. The number of para-hydroxylation sites is 2. The molecule has 1 aliphatic rings. The number of anilines is 1. The van der Waals surface area contributed by atoms with Crippen molar-refractivity contribution in [2.24, 2.45) is 0 Å². The van der Waals surface area contributed by atoms with Crippen molar-refractivity contribution >= 4 is 11.6 Å². The Morgan fingerprint density at radius 3 is 2.65 bits per heavy atom. The van der Waals surface area contributed by atoms with Crippen molar-refractivity contribution in [2.75, 3.05) is 32.7 Å². The predicted octanol–water partition coefficient (Wildman–Crippen LogP) is 2.91. The Labute approximate surface area is 135 Å². The van der Waals surface area contributed by atoms with Gasteiger partial charge in [0.05, 0.1) is 12.2 Å². The summed E-state index contributed by atoms with van der Waals surface area (Å²) in [5.41, 5.74) is 2.45. The number of nitrogens with one attached hydrogen (secondary N) is 1. The van der Waals surface area contributed by atoms with E-state index in [1.165, 1.54) is 0 Å². The van der Waals surface area contributed by atoms with Crippen molar-refractivity contribution in [3.8, 4) is 5.75 Å². The summed E-state index contributed by atoms with van der Waals surface area (Å²) in [4.78, 5) is 14.3. The van der Waals surface area contributed by atoms with Gasteiger partial charge in [0.25, 0.3) is 5.91 Å². The van der Waals surface area contributed by atoms with Crippen molar-refractivity contribution in [3.63, 3.8) is 0 Å². The molecular weight excluding hydrogens is 292 g/mol. The summed E-state index contributed by atoms with van der Waals surface area (Å²) in [5.74, 6) is 0.747. The Bertz CT molecular complexity index is 702. The lowest BCUT2D eigenvalue weighted by Gasteiger charge is -2.36. The van der Waals surface area contributed by atoms with E-state index in [2.05, 4.69) is 5.32 Å². The van der Waals surface area contributed by atoms with E-state index in [9.17, 15) is 4.79 Å². The molecule has 1 N–H and O–H groups in total. The van der Waals surface area contributed by atoms with E-state index in [-0.39, 0.29) is 12.1 Å². The van der Waals surface area contributed by atoms with Crippen molar-refractivity contribution in [2.45, 2.75) is 6.17 Å². The molecule has 23 heavy (non-hydrogen) atoms. The van der Waals surface area contributed by atoms with Gasteiger partial charge in [-0.15, -0.1) is 0 Å². The fourth-order valence-corrected chi connectivity index (χ4v) is 2.71. The van der Waals surface area contributed by atoms with Crippen LogP contribution in [0.25, 0.3) is 0 Å². The molecule has 0 saturated heterocycles. The molecule has 0 aliphatic carbocycles. The van der Waals surface area contributed by atoms with Crippen LogP contribution in [-0.4, -0.2) is 38.2 Å². The number of hydrogen-bond acceptors (Lipinski definition) is 4. The number of fused-ring (bicyclic) bond motifs is 1. The largest absolute Gasteiger partial charge is 0.491 e. The lowest BCUT2D eigenvalue weighted by Crippen LogP contribution is -2.40. The molecule has 120 valence electrons. The van der Waals surface area contributed by atoms with E-state index in [0.717, 1.165) is 17.0 Å². The van der Waals surface area contributed by atoms with Gasteiger partial charge in [0, 0.05) is 25.4 Å². The smallest absolute Gasteiger partial charge is 0.257 e. The van der Waals surface area contributed by atoms with Gasteiger partial charge in [0.15, 0.2) is 0 Å². The third-order valence-electron chi connectivity index (χ3n) is 3.92. The average molecular weight is 312 g/mol. The van der Waals surface area contributed by atoms with Crippen molar-refractivity contribution in [1.29, 1.82) is 0 Å². The number of benzene rings is 2. The van der Waals surface area contributed by atoms with Crippen LogP contribution in [0.4, 0.5) is 5.69 Å². The Hall–Kier alpha value is -2.53. The number of hydrogen-bond donors (Lipinski definition) is 1. The molecule has 2 aromatic rings. The quantitative estimate of drug-likeness (QED) is 0.863. The van der Waals surface area contributed by atoms with Gasteiger partial charge in [-0.2, -0.15) is 0 Å². The molecule has 0 fully saturated rings. The maximum absolute atomic E-state index is 12.6. The Balaban J connectivity index is 1.92. The zero-order chi connectivity index (χ0) is 16.2. The van der Waals surface area contributed by atoms with E-state index >= 15 is 0 Å². The first-order valence-corrected chi connectivity index (χ1v) is 7.55. The standard InChI is InChI=1S/C18H20N2O3/c1-20-17(19-15-9-5-3-7-13(15)18(20)21)14-8-4-6-10-16(14)23-12-11-22-2/h3-10,17,19H,11-12H2,1-2H3. The van der Waals surface area contributed by atoms with Crippen LogP contribution in [-0.2, 0) is 4.74 Å². The molecular formula is C18H20N2O3. The second kappa shape index (κ2) is 6.71. The first-order chi connectivity index (χ1) is 11.2. The lowest BCUT2D eigenvalue weighted by atomic mass is 10.0. The number of nitrogens with zero attached hydrogens (tertiary/aromatic N) is 1. The van der Waals surface area contributed by atoms with Gasteiger partial charge in [0.2, 0.25) is 0 Å². The Morgan fingerprint density at radius 2 is 1.83 bits per heavy atom. The molecule has 0 aromatic heterocycles. The summed E-state index contributed by atoms with van der Waals surface area (Å²) in [5, 5.41) is 3.42. The van der Waals surface area contributed by atoms with Crippen LogP contribution in [0, 0.1) is 0 Å². The van der Waals surface area contributed by atoms with Crippen LogP contribution in [0.1, 0.15) is 22.1 Å². The fraction of sp³-hybridized carbons (Fsp3) is 0.278. The SMILES string of the molecule is COCCOc1ccccc1C1Nc2ccccc2C(=O)N1C. The summed E-state index contributed by atoms with van der Waals surface area (Å²) in [7, 11) is 3.43. The van der Waals surface area contributed by atoms with E-state index < -0.39 is 0 Å². The molecule has 1 atom stereocenters. The normalized spacial score (nSPS) is 16.7. The molecule has 0 bridgehead atoms. The molecule has 1 heterocycles. The van der Waals surface area contributed by atoms with Gasteiger partial charge in [-0.05, 0) is 18.2 Å². The van der Waals surface area contributed by atoms with Crippen LogP contribution in [0.15, 0.2) is 48.5 Å². The summed E-state index contributed by atoms with van der Waals surface area (Å²) < 4.78 is 10.8. The van der Waals surface area contributed by atoms with Crippen LogP contribution in [0.2, 0.25) is 0 Å². The van der Waals surface area contributed by atoms with Crippen LogP contribution < -0.4 is 10.1 Å². The summed E-state index contributed by atoms with van der Waals surface area (Å²) in [6.07, 6.45) is -0.267. The molecule has 3 rings (SSSR count). The van der Waals surface area contributed by atoms with Gasteiger partial charge >= 0.3 is 0 Å². The first kappa shape index (κ1) is 15.4. The van der Waals surface area contributed by atoms with Crippen LogP contribution >= 0.6 is 0 Å². The highest BCUT2D eigenvalue weighted by atomic mass is 16.5. The van der Waals surface area contributed by atoms with E-state index in [1.807, 2.05) is 48.5 Å². The molecule has 2 aromatic carbocycles. The van der Waals surface area contributed by atoms with Crippen molar-refractivity contribution in [3.05, 3.63) is 59.7 Å². The van der Waals surface area contributed by atoms with Crippen LogP contribution in [0.3, 0.4) is 0 Å². The van der Waals surface area contributed by atoms with Gasteiger partial charge in [0.1, 0.15) is 18.5 Å². The van der Waals surface area contributed by atoms with Gasteiger partial charge in [-0.25, -0.2) is 0 Å². The highest BCUT2D eigenvalue weighted by Crippen LogP contribution is 2.35. The van der Waals surface area contributed by atoms with E-state index in [1.54, 1.807) is 19.1 Å². The second-order valence-corrected chi connectivity index (χ2v) is 5.39. The number of rotatable bonds is 5. The molecule has 5 nitrogen and oxygen atoms in total. The summed E-state index contributed by atoms with van der Waals surface area (Å²) in [6.45, 7) is 0.985. The number of amides is 1. The third kappa shape index (κ3) is 3.00. The maximum atomic E-state index is 12.6. The number of carbonyl (C=O) groups is 1. The lowest BCUT2D eigenvalue weighted by molar-refractivity contribution is 0.0732. The summed E-state index contributed by atoms with van der Waals surface area (Å²) >= 11 is 0. The molecule has 0 radical (unpaired) electrons. The number of methoxy groups -OCH3 is 1. The molecule has 1 aliphatic heterocycles. The molecule has 0 spiro atoms. The molecule has 1 unspecified atom stereocenters. The number of carbonyl (C=O) groups excluding carboxylic acids is 1. The fourth-order valence-electron chi connectivity index (χ4n) is 2.71. The second-order valence-electron chi connectivity index (χ2n) is 5.39. The maximum Gasteiger partial charge on any atom is 0.257 e. The zero-order valence-corrected chi connectivity index (χ0v) is 13.3. The highest BCUT2D eigenvalue weighted by Gasteiger charge is 2.31. The van der Waals surface area contributed by atoms with Crippen molar-refractivity contribution < 1.29 is 14.3 Å². The van der Waals surface area contributed by atoms with Crippen molar-refractivity contribution in [1.82, 2.24) is 4.90 Å². The highest BCUT2D eigenvalue weighted by molar-refractivity contribution is 6.01. The molecule has 5 heteroatoms. The Morgan fingerprint density at radius 1 is 1.09 bits per heavy atom. The van der Waals surface area contributed by atoms with Crippen LogP contribution in [0.5, 0.6) is 5.75 Å². The third-order valence-corrected chi connectivity index (χ3v) is 3.92. The predicted molar refractivity (Wildman–Crippen MR) is 88.7 cm³/mol. The molecule has 0 saturated carbocycles.